The van der Waals surface area contributed by atoms with Gasteiger partial charge in [0.25, 0.3) is 5.91 Å². The van der Waals surface area contributed by atoms with Gasteiger partial charge in [-0.05, 0) is 29.8 Å². The average Bonchev–Trinajstić information content (AvgIpc) is 2.96. The van der Waals surface area contributed by atoms with Gasteiger partial charge >= 0.3 is 0 Å². The smallest absolute Gasteiger partial charge is 0.257 e. The molecule has 0 unspecified atom stereocenters. The molecular formula is C17H16N2O4S2. The van der Waals surface area contributed by atoms with Crippen LogP contribution in [0.25, 0.3) is 10.2 Å². The Morgan fingerprint density at radius 2 is 1.92 bits per heavy atom. The van der Waals surface area contributed by atoms with Crippen LogP contribution in [0.15, 0.2) is 42.5 Å². The molecule has 0 atom stereocenters. The first-order valence-electron chi connectivity index (χ1n) is 7.37. The van der Waals surface area contributed by atoms with Crippen LogP contribution >= 0.6 is 11.3 Å². The van der Waals surface area contributed by atoms with E-state index < -0.39 is 9.84 Å². The third kappa shape index (κ3) is 4.15. The lowest BCUT2D eigenvalue weighted by Gasteiger charge is -2.03. The number of sulfone groups is 1. The van der Waals surface area contributed by atoms with E-state index >= 15 is 0 Å². The summed E-state index contributed by atoms with van der Waals surface area (Å²) in [5.74, 6) is 0.301. The van der Waals surface area contributed by atoms with Gasteiger partial charge in [0, 0.05) is 11.8 Å². The molecule has 3 aromatic rings. The van der Waals surface area contributed by atoms with Crippen LogP contribution in [0, 0.1) is 0 Å². The second-order valence-electron chi connectivity index (χ2n) is 5.55. The Morgan fingerprint density at radius 1 is 1.20 bits per heavy atom. The summed E-state index contributed by atoms with van der Waals surface area (Å²) in [5, 5.41) is 3.24. The number of benzene rings is 2. The maximum Gasteiger partial charge on any atom is 0.257 e. The fourth-order valence-electron chi connectivity index (χ4n) is 2.37. The predicted octanol–water partition coefficient (Wildman–Crippen LogP) is 3.10. The first-order chi connectivity index (χ1) is 11.9. The van der Waals surface area contributed by atoms with Crippen LogP contribution in [0.3, 0.4) is 0 Å². The minimum Gasteiger partial charge on any atom is -0.494 e. The summed E-state index contributed by atoms with van der Waals surface area (Å²) in [6.45, 7) is 0. The van der Waals surface area contributed by atoms with Gasteiger partial charge < -0.3 is 4.74 Å². The Balaban J connectivity index is 1.78. The molecule has 0 saturated heterocycles. The summed E-state index contributed by atoms with van der Waals surface area (Å²) in [5.41, 5.74) is 1.78. The first-order valence-corrected chi connectivity index (χ1v) is 10.2. The molecule has 1 N–H and O–H groups in total. The van der Waals surface area contributed by atoms with Crippen LogP contribution in [0.5, 0.6) is 5.75 Å². The molecule has 0 radical (unpaired) electrons. The van der Waals surface area contributed by atoms with Crippen molar-refractivity contribution in [3.8, 4) is 5.75 Å². The van der Waals surface area contributed by atoms with Crippen molar-refractivity contribution in [3.63, 3.8) is 0 Å². The van der Waals surface area contributed by atoms with E-state index in [2.05, 4.69) is 10.3 Å². The molecule has 6 nitrogen and oxygen atoms in total. The van der Waals surface area contributed by atoms with Crippen molar-refractivity contribution >= 4 is 42.4 Å². The van der Waals surface area contributed by atoms with Crippen molar-refractivity contribution in [1.82, 2.24) is 4.98 Å². The van der Waals surface area contributed by atoms with Crippen molar-refractivity contribution < 1.29 is 17.9 Å². The monoisotopic (exact) mass is 376 g/mol. The normalized spacial score (nSPS) is 11.4. The molecule has 8 heteroatoms. The Morgan fingerprint density at radius 3 is 2.56 bits per heavy atom. The quantitative estimate of drug-likeness (QED) is 0.739. The molecule has 1 heterocycles. The van der Waals surface area contributed by atoms with Crippen molar-refractivity contribution in [1.29, 1.82) is 0 Å². The lowest BCUT2D eigenvalue weighted by molar-refractivity contribution is 0.102. The minimum absolute atomic E-state index is 0.0490. The number of thiazole rings is 1. The zero-order chi connectivity index (χ0) is 18.0. The van der Waals surface area contributed by atoms with Crippen molar-refractivity contribution in [3.05, 3.63) is 53.6 Å². The molecule has 0 spiro atoms. The highest BCUT2D eigenvalue weighted by Crippen LogP contribution is 2.32. The highest BCUT2D eigenvalue weighted by molar-refractivity contribution is 7.89. The number of amides is 1. The van der Waals surface area contributed by atoms with Crippen molar-refractivity contribution in [2.24, 2.45) is 0 Å². The fourth-order valence-corrected chi connectivity index (χ4v) is 4.04. The maximum absolute atomic E-state index is 12.3. The molecule has 1 amide bonds. The number of rotatable bonds is 5. The van der Waals surface area contributed by atoms with Gasteiger partial charge in [-0.2, -0.15) is 0 Å². The van der Waals surface area contributed by atoms with Gasteiger partial charge in [-0.25, -0.2) is 13.4 Å². The van der Waals surface area contributed by atoms with Crippen LogP contribution in [-0.4, -0.2) is 32.7 Å². The maximum atomic E-state index is 12.3. The van der Waals surface area contributed by atoms with E-state index in [1.165, 1.54) is 17.6 Å². The van der Waals surface area contributed by atoms with Gasteiger partial charge in [-0.3, -0.25) is 10.1 Å². The van der Waals surface area contributed by atoms with Crippen LogP contribution in [0.2, 0.25) is 0 Å². The van der Waals surface area contributed by atoms with Gasteiger partial charge in [0.15, 0.2) is 15.0 Å². The Kier molecular flexibility index (Phi) is 4.73. The second kappa shape index (κ2) is 6.81. The number of aromatic nitrogens is 1. The number of hydrogen-bond acceptors (Lipinski definition) is 6. The molecule has 1 aromatic heterocycles. The third-order valence-corrected chi connectivity index (χ3v) is 5.26. The molecule has 0 aliphatic heterocycles. The summed E-state index contributed by atoms with van der Waals surface area (Å²) in [6.07, 6.45) is 1.18. The summed E-state index contributed by atoms with van der Waals surface area (Å²) >= 11 is 1.36. The minimum atomic E-state index is -3.10. The van der Waals surface area contributed by atoms with Gasteiger partial charge in [0.2, 0.25) is 0 Å². The highest BCUT2D eigenvalue weighted by atomic mass is 32.2. The van der Waals surface area contributed by atoms with Crippen molar-refractivity contribution in [2.45, 2.75) is 5.75 Å². The first kappa shape index (κ1) is 17.4. The third-order valence-electron chi connectivity index (χ3n) is 3.47. The van der Waals surface area contributed by atoms with Gasteiger partial charge in [-0.1, -0.05) is 29.5 Å². The van der Waals surface area contributed by atoms with Gasteiger partial charge in [0.1, 0.15) is 11.3 Å². The average molecular weight is 376 g/mol. The van der Waals surface area contributed by atoms with Crippen LogP contribution < -0.4 is 10.1 Å². The number of anilines is 1. The van der Waals surface area contributed by atoms with Crippen molar-refractivity contribution in [2.75, 3.05) is 18.7 Å². The molecule has 0 aliphatic carbocycles. The summed E-state index contributed by atoms with van der Waals surface area (Å²) < 4.78 is 28.8. The number of fused-ring (bicyclic) bond motifs is 1. The summed E-state index contributed by atoms with van der Waals surface area (Å²) in [4.78, 5) is 16.7. The van der Waals surface area contributed by atoms with Crippen LogP contribution in [-0.2, 0) is 15.6 Å². The molecule has 0 saturated carbocycles. The highest BCUT2D eigenvalue weighted by Gasteiger charge is 2.13. The Bertz CT molecular complexity index is 1020. The number of para-hydroxylation sites is 1. The largest absolute Gasteiger partial charge is 0.494 e. The van der Waals surface area contributed by atoms with E-state index in [0.717, 1.165) is 4.70 Å². The zero-order valence-corrected chi connectivity index (χ0v) is 15.3. The van der Waals surface area contributed by atoms with E-state index in [4.69, 9.17) is 4.74 Å². The molecule has 0 fully saturated rings. The fraction of sp³-hybridized carbons (Fsp3) is 0.176. The van der Waals surface area contributed by atoms with Gasteiger partial charge in [0.05, 0.1) is 17.6 Å². The topological polar surface area (TPSA) is 85.4 Å². The standard InChI is InChI=1S/C17H16N2O4S2/c1-23-13-4-3-5-14-15(13)18-17(24-14)19-16(20)12-8-6-11(7-9-12)10-25(2,21)22/h3-9H,10H2,1-2H3,(H,18,19,20). The Labute approximate surface area is 149 Å². The Hall–Kier alpha value is -2.45. The number of carbonyl (C=O) groups excluding carboxylic acids is 1. The predicted molar refractivity (Wildman–Crippen MR) is 99.1 cm³/mol. The SMILES string of the molecule is COc1cccc2sc(NC(=O)c3ccc(CS(C)(=O)=O)cc3)nc12. The molecular weight excluding hydrogens is 360 g/mol. The number of hydrogen-bond donors (Lipinski definition) is 1. The molecule has 2 aromatic carbocycles. The van der Waals surface area contributed by atoms with E-state index in [0.29, 0.717) is 27.5 Å². The summed E-state index contributed by atoms with van der Waals surface area (Å²) in [7, 11) is -1.53. The number of nitrogens with zero attached hydrogens (tertiary/aromatic N) is 1. The number of ether oxygens (including phenoxy) is 1. The van der Waals surface area contributed by atoms with Crippen LogP contribution in [0.4, 0.5) is 5.13 Å². The summed E-state index contributed by atoms with van der Waals surface area (Å²) in [6, 6.07) is 12.1. The van der Waals surface area contributed by atoms with E-state index in [1.807, 2.05) is 18.2 Å². The molecule has 0 aliphatic rings. The second-order valence-corrected chi connectivity index (χ2v) is 8.72. The lowest BCUT2D eigenvalue weighted by atomic mass is 10.1. The molecule has 130 valence electrons. The molecule has 3 rings (SSSR count). The van der Waals surface area contributed by atoms with E-state index in [9.17, 15) is 13.2 Å². The number of methoxy groups -OCH3 is 1. The van der Waals surface area contributed by atoms with Crippen LogP contribution in [0.1, 0.15) is 15.9 Å². The zero-order valence-electron chi connectivity index (χ0n) is 13.6. The number of carbonyl (C=O) groups is 1. The molecule has 25 heavy (non-hydrogen) atoms. The van der Waals surface area contributed by atoms with Gasteiger partial charge in [-0.15, -0.1) is 0 Å². The van der Waals surface area contributed by atoms with E-state index in [-0.39, 0.29) is 11.7 Å². The number of nitrogens with one attached hydrogen (secondary N) is 1. The van der Waals surface area contributed by atoms with E-state index in [1.54, 1.807) is 31.4 Å². The molecule has 0 bridgehead atoms. The lowest BCUT2D eigenvalue weighted by Crippen LogP contribution is -2.11.